The van der Waals surface area contributed by atoms with Gasteiger partial charge in [-0.05, 0) is 61.6 Å². The average molecular weight is 592 g/mol. The zero-order valence-electron chi connectivity index (χ0n) is 21.6. The van der Waals surface area contributed by atoms with Crippen LogP contribution in [0.3, 0.4) is 0 Å². The lowest BCUT2D eigenvalue weighted by Gasteiger charge is -2.21. The molecule has 1 atom stereocenters. The molecule has 5 rings (SSSR count). The average Bonchev–Trinajstić information content (AvgIpc) is 3.68. The summed E-state index contributed by atoms with van der Waals surface area (Å²) < 4.78 is 44.9. The number of nitrogens with zero attached hydrogens (tertiary/aromatic N) is 3. The molecule has 1 unspecified atom stereocenters. The van der Waals surface area contributed by atoms with Crippen LogP contribution in [-0.4, -0.2) is 28.7 Å². The third-order valence-electron chi connectivity index (χ3n) is 6.76. The lowest BCUT2D eigenvalue weighted by Crippen LogP contribution is -2.25. The lowest BCUT2D eigenvalue weighted by atomic mass is 10.0. The molecule has 2 aromatic heterocycles. The third-order valence-corrected chi connectivity index (χ3v) is 7.42. The molecule has 0 saturated heterocycles. The molecule has 1 fully saturated rings. The first kappa shape index (κ1) is 27.9. The van der Waals surface area contributed by atoms with Crippen LogP contribution in [0.25, 0.3) is 11.0 Å². The number of carbonyl (C=O) groups excluding carboxylic acids is 1. The van der Waals surface area contributed by atoms with Gasteiger partial charge in [-0.1, -0.05) is 29.3 Å². The Morgan fingerprint density at radius 1 is 1.15 bits per heavy atom. The summed E-state index contributed by atoms with van der Waals surface area (Å²) in [7, 11) is 1.88. The van der Waals surface area contributed by atoms with Gasteiger partial charge in [-0.25, -0.2) is 9.78 Å². The van der Waals surface area contributed by atoms with Crippen LogP contribution in [0.5, 0.6) is 11.5 Å². The van der Waals surface area contributed by atoms with Gasteiger partial charge in [0.05, 0.1) is 23.2 Å². The van der Waals surface area contributed by atoms with Crippen molar-refractivity contribution in [2.45, 2.75) is 38.9 Å². The summed E-state index contributed by atoms with van der Waals surface area (Å²) in [6.07, 6.45) is 3.29. The normalized spacial score (nSPS) is 14.0. The van der Waals surface area contributed by atoms with E-state index in [1.807, 2.05) is 18.5 Å². The van der Waals surface area contributed by atoms with Gasteiger partial charge in [0.2, 0.25) is 0 Å². The number of esters is 1. The summed E-state index contributed by atoms with van der Waals surface area (Å²) in [5.41, 5.74) is 2.55. The van der Waals surface area contributed by atoms with Gasteiger partial charge in [0.15, 0.2) is 23.9 Å². The van der Waals surface area contributed by atoms with E-state index in [0.717, 1.165) is 36.6 Å². The zero-order chi connectivity index (χ0) is 28.6. The number of aromatic nitrogens is 3. The van der Waals surface area contributed by atoms with E-state index >= 15 is 0 Å². The molecule has 0 spiro atoms. The number of carbonyl (C=O) groups is 1. The van der Waals surface area contributed by atoms with Crippen LogP contribution in [0.4, 0.5) is 8.78 Å². The van der Waals surface area contributed by atoms with Gasteiger partial charge < -0.3 is 24.0 Å². The highest BCUT2D eigenvalue weighted by atomic mass is 35.5. The number of ether oxygens (including phenoxy) is 3. The largest absolute Gasteiger partial charge is 0.619 e. The minimum atomic E-state index is -3.05. The van der Waals surface area contributed by atoms with E-state index in [9.17, 15) is 18.8 Å². The van der Waals surface area contributed by atoms with Gasteiger partial charge in [-0.2, -0.15) is 13.5 Å². The van der Waals surface area contributed by atoms with E-state index in [-0.39, 0.29) is 33.5 Å². The Hall–Kier alpha value is -3.63. The summed E-state index contributed by atoms with van der Waals surface area (Å²) in [6, 6.07) is 9.39. The summed E-state index contributed by atoms with van der Waals surface area (Å²) in [5.74, 6) is 0.447. The Kier molecular flexibility index (Phi) is 8.00. The SMILES string of the molecule is Cc1nc2cc(C(=O)OC(Cc3c(Cl)c[n+]([O-])cc3Cl)c3ccc(OC(F)F)c(OCC4CC4)c3)ccc2n1C. The van der Waals surface area contributed by atoms with E-state index < -0.39 is 18.7 Å². The van der Waals surface area contributed by atoms with Crippen molar-refractivity contribution in [1.29, 1.82) is 0 Å². The van der Waals surface area contributed by atoms with Crippen molar-refractivity contribution in [3.8, 4) is 11.5 Å². The van der Waals surface area contributed by atoms with E-state index in [4.69, 9.17) is 32.7 Å². The van der Waals surface area contributed by atoms with Crippen LogP contribution in [0.15, 0.2) is 48.8 Å². The second kappa shape index (κ2) is 11.5. The fourth-order valence-corrected chi connectivity index (χ4v) is 4.90. The second-order valence-corrected chi connectivity index (χ2v) is 10.5. The fraction of sp³-hybridized carbons (Fsp3) is 0.321. The molecule has 0 N–H and O–H groups in total. The zero-order valence-corrected chi connectivity index (χ0v) is 23.1. The minimum absolute atomic E-state index is 0.00764. The predicted octanol–water partition coefficient (Wildman–Crippen LogP) is 6.35. The molecule has 0 amide bonds. The van der Waals surface area contributed by atoms with Gasteiger partial charge in [0, 0.05) is 19.0 Å². The number of pyridine rings is 1. The monoisotopic (exact) mass is 591 g/mol. The molecule has 40 heavy (non-hydrogen) atoms. The number of hydrogen-bond acceptors (Lipinski definition) is 6. The molecule has 210 valence electrons. The second-order valence-electron chi connectivity index (χ2n) is 9.65. The number of benzene rings is 2. The van der Waals surface area contributed by atoms with Crippen LogP contribution in [0, 0.1) is 18.0 Å². The van der Waals surface area contributed by atoms with Gasteiger partial charge in [-0.3, -0.25) is 0 Å². The van der Waals surface area contributed by atoms with Crippen molar-refractivity contribution in [2.75, 3.05) is 6.61 Å². The standard InChI is InChI=1S/C28H25Cl2F2N3O5/c1-15-33-22-9-18(5-7-23(22)34(15)2)27(36)39-25(11-19-20(29)12-35(37)13-21(19)30)17-6-8-24(40-28(31)32)26(10-17)38-14-16-3-4-16/h5-10,12-13,16,25,28H,3-4,11,14H2,1-2H3. The molecular weight excluding hydrogens is 567 g/mol. The highest BCUT2D eigenvalue weighted by Gasteiger charge is 2.27. The molecule has 2 aromatic carbocycles. The van der Waals surface area contributed by atoms with Crippen molar-refractivity contribution in [2.24, 2.45) is 13.0 Å². The number of hydrogen-bond donors (Lipinski definition) is 0. The number of rotatable bonds is 10. The number of halogens is 4. The summed E-state index contributed by atoms with van der Waals surface area (Å²) in [5, 5.41) is 11.9. The van der Waals surface area contributed by atoms with E-state index in [2.05, 4.69) is 9.72 Å². The minimum Gasteiger partial charge on any atom is -0.619 e. The van der Waals surface area contributed by atoms with Gasteiger partial charge >= 0.3 is 12.6 Å². The Labute approximate surface area is 238 Å². The third kappa shape index (κ3) is 6.23. The first-order chi connectivity index (χ1) is 19.1. The molecule has 1 saturated carbocycles. The molecule has 8 nitrogen and oxygen atoms in total. The molecule has 2 heterocycles. The maximum Gasteiger partial charge on any atom is 0.387 e. The van der Waals surface area contributed by atoms with Gasteiger partial charge in [0.1, 0.15) is 22.0 Å². The van der Waals surface area contributed by atoms with Gasteiger partial charge in [0.25, 0.3) is 0 Å². The van der Waals surface area contributed by atoms with E-state index in [0.29, 0.717) is 33.9 Å². The highest BCUT2D eigenvalue weighted by molar-refractivity contribution is 6.35. The number of alkyl halides is 2. The number of aryl methyl sites for hydroxylation is 2. The summed E-state index contributed by atoms with van der Waals surface area (Å²) in [6.45, 7) is -0.845. The number of fused-ring (bicyclic) bond motifs is 1. The Morgan fingerprint density at radius 3 is 2.55 bits per heavy atom. The van der Waals surface area contributed by atoms with E-state index in [1.54, 1.807) is 18.2 Å². The smallest absolute Gasteiger partial charge is 0.387 e. The van der Waals surface area contributed by atoms with Gasteiger partial charge in [-0.15, -0.1) is 0 Å². The van der Waals surface area contributed by atoms with Crippen LogP contribution in [0.1, 0.15) is 46.3 Å². The lowest BCUT2D eigenvalue weighted by molar-refractivity contribution is -0.605. The topological polar surface area (TPSA) is 89.5 Å². The van der Waals surface area contributed by atoms with Crippen LogP contribution in [0.2, 0.25) is 10.0 Å². The molecule has 0 radical (unpaired) electrons. The fourth-order valence-electron chi connectivity index (χ4n) is 4.31. The first-order valence-corrected chi connectivity index (χ1v) is 13.3. The molecule has 1 aliphatic rings. The molecule has 4 aromatic rings. The van der Waals surface area contributed by atoms with Crippen molar-refractivity contribution >= 4 is 40.2 Å². The molecule has 0 bridgehead atoms. The summed E-state index contributed by atoms with van der Waals surface area (Å²) >= 11 is 12.6. The molecule has 12 heteroatoms. The Morgan fingerprint density at radius 2 is 1.88 bits per heavy atom. The summed E-state index contributed by atoms with van der Waals surface area (Å²) in [4.78, 5) is 17.8. The quantitative estimate of drug-likeness (QED) is 0.121. The van der Waals surface area contributed by atoms with Crippen LogP contribution >= 0.6 is 23.2 Å². The maximum absolute atomic E-state index is 13.4. The Balaban J connectivity index is 1.50. The van der Waals surface area contributed by atoms with Crippen LogP contribution in [-0.2, 0) is 18.2 Å². The van der Waals surface area contributed by atoms with E-state index in [1.165, 1.54) is 18.2 Å². The maximum atomic E-state index is 13.4. The molecule has 0 aliphatic heterocycles. The van der Waals surface area contributed by atoms with Crippen molar-refractivity contribution in [3.05, 3.63) is 86.6 Å². The van der Waals surface area contributed by atoms with Crippen molar-refractivity contribution in [3.63, 3.8) is 0 Å². The highest BCUT2D eigenvalue weighted by Crippen LogP contribution is 2.38. The number of imidazole rings is 1. The van der Waals surface area contributed by atoms with Crippen molar-refractivity contribution < 1.29 is 32.5 Å². The van der Waals surface area contributed by atoms with Crippen LogP contribution < -0.4 is 14.2 Å². The molecular formula is C28H25Cl2F2N3O5. The molecule has 1 aliphatic carbocycles. The predicted molar refractivity (Wildman–Crippen MR) is 144 cm³/mol. The Bertz CT molecular complexity index is 1550. The first-order valence-electron chi connectivity index (χ1n) is 12.5. The van der Waals surface area contributed by atoms with Crippen molar-refractivity contribution in [1.82, 2.24) is 9.55 Å².